The summed E-state index contributed by atoms with van der Waals surface area (Å²) < 4.78 is 2.87. The molecule has 1 aliphatic heterocycles. The van der Waals surface area contributed by atoms with E-state index in [1.807, 2.05) is 23.0 Å². The first kappa shape index (κ1) is 14.6. The highest BCUT2D eigenvalue weighted by molar-refractivity contribution is 9.11. The third kappa shape index (κ3) is 2.39. The lowest BCUT2D eigenvalue weighted by Gasteiger charge is -2.20. The highest BCUT2D eigenvalue weighted by atomic mass is 79.9. The Bertz CT molecular complexity index is 840. The van der Waals surface area contributed by atoms with Crippen LogP contribution in [0.2, 0.25) is 0 Å². The van der Waals surface area contributed by atoms with Gasteiger partial charge in [0.2, 0.25) is 5.91 Å². The fourth-order valence-electron chi connectivity index (χ4n) is 3.34. The highest BCUT2D eigenvalue weighted by Gasteiger charge is 2.43. The molecule has 1 amide bonds. The van der Waals surface area contributed by atoms with Gasteiger partial charge in [0.1, 0.15) is 6.33 Å². The maximum absolute atomic E-state index is 12.5. The van der Waals surface area contributed by atoms with Crippen LogP contribution < -0.4 is 5.32 Å². The van der Waals surface area contributed by atoms with E-state index in [9.17, 15) is 4.79 Å². The minimum Gasteiger partial charge on any atom is -0.349 e. The van der Waals surface area contributed by atoms with Gasteiger partial charge < -0.3 is 5.32 Å². The average molecular weight is 374 g/mol. The number of aromatic nitrogens is 4. The van der Waals surface area contributed by atoms with E-state index < -0.39 is 0 Å². The number of carbonyl (C=O) groups excluding carboxylic acids is 1. The summed E-state index contributed by atoms with van der Waals surface area (Å²) >= 11 is 3.51. The number of rotatable bonds is 3. The van der Waals surface area contributed by atoms with Crippen molar-refractivity contribution in [1.29, 1.82) is 0 Å². The maximum Gasteiger partial charge on any atom is 0.230 e. The molecule has 0 spiro atoms. The second kappa shape index (κ2) is 5.56. The van der Waals surface area contributed by atoms with Gasteiger partial charge in [0.05, 0.1) is 23.0 Å². The van der Waals surface area contributed by atoms with Crippen molar-refractivity contribution in [3.05, 3.63) is 40.9 Å². The molecular formula is C16H16BrN5O. The summed E-state index contributed by atoms with van der Waals surface area (Å²) in [6.45, 7) is 2.93. The molecule has 1 aliphatic carbocycles. The molecule has 0 bridgehead atoms. The molecule has 7 heteroatoms. The summed E-state index contributed by atoms with van der Waals surface area (Å²) in [6.07, 6.45) is 10.5. The Morgan fingerprint density at radius 3 is 3.09 bits per heavy atom. The number of hydrogen-bond donors (Lipinski definition) is 1. The molecule has 6 nitrogen and oxygen atoms in total. The van der Waals surface area contributed by atoms with Gasteiger partial charge in [-0.15, -0.1) is 0 Å². The number of nitrogens with zero attached hydrogens (tertiary/aromatic N) is 4. The van der Waals surface area contributed by atoms with Gasteiger partial charge in [-0.1, -0.05) is 41.1 Å². The van der Waals surface area contributed by atoms with Gasteiger partial charge >= 0.3 is 0 Å². The van der Waals surface area contributed by atoms with E-state index in [1.165, 1.54) is 6.33 Å². The minimum absolute atomic E-state index is 0.00587. The van der Waals surface area contributed by atoms with Crippen molar-refractivity contribution in [2.75, 3.05) is 0 Å². The molecule has 3 unspecified atom stereocenters. The first-order valence-corrected chi connectivity index (χ1v) is 8.50. The van der Waals surface area contributed by atoms with Gasteiger partial charge in [-0.2, -0.15) is 5.10 Å². The third-order valence-electron chi connectivity index (χ3n) is 4.35. The first-order chi connectivity index (χ1) is 11.2. The third-order valence-corrected chi connectivity index (χ3v) is 4.88. The van der Waals surface area contributed by atoms with Crippen LogP contribution in [0.3, 0.4) is 0 Å². The van der Waals surface area contributed by atoms with Gasteiger partial charge in [0.15, 0.2) is 5.65 Å². The quantitative estimate of drug-likeness (QED) is 0.895. The second-order valence-corrected chi connectivity index (χ2v) is 6.80. The Hall–Kier alpha value is -2.02. The summed E-state index contributed by atoms with van der Waals surface area (Å²) in [5, 5.41) is 8.38. The molecule has 2 aromatic heterocycles. The van der Waals surface area contributed by atoms with E-state index >= 15 is 0 Å². The second-order valence-electron chi connectivity index (χ2n) is 5.89. The first-order valence-electron chi connectivity index (χ1n) is 7.71. The SMILES string of the molecule is CCCn1cc2c(C3C(=O)NC4C=CC(Br)=CC43)ncnc2n1. The van der Waals surface area contributed by atoms with Crippen molar-refractivity contribution in [2.24, 2.45) is 5.92 Å². The van der Waals surface area contributed by atoms with Crippen molar-refractivity contribution >= 4 is 32.9 Å². The molecule has 3 heterocycles. The van der Waals surface area contributed by atoms with Crippen LogP contribution in [0.15, 0.2) is 35.2 Å². The molecule has 2 aliphatic rings. The number of fused-ring (bicyclic) bond motifs is 2. The van der Waals surface area contributed by atoms with E-state index in [4.69, 9.17) is 0 Å². The number of amides is 1. The average Bonchev–Trinajstić information content (AvgIpc) is 3.07. The lowest BCUT2D eigenvalue weighted by atomic mass is 9.84. The monoisotopic (exact) mass is 373 g/mol. The molecule has 3 atom stereocenters. The van der Waals surface area contributed by atoms with Crippen LogP contribution in [-0.4, -0.2) is 31.7 Å². The van der Waals surface area contributed by atoms with E-state index in [0.717, 1.165) is 28.5 Å². The Balaban J connectivity index is 1.82. The Morgan fingerprint density at radius 1 is 1.39 bits per heavy atom. The number of carbonyl (C=O) groups is 1. The summed E-state index contributed by atoms with van der Waals surface area (Å²) in [6, 6.07) is 0.0181. The zero-order valence-electron chi connectivity index (χ0n) is 12.6. The van der Waals surface area contributed by atoms with Gasteiger partial charge in [0, 0.05) is 23.1 Å². The van der Waals surface area contributed by atoms with Gasteiger partial charge in [-0.05, 0) is 6.42 Å². The van der Waals surface area contributed by atoms with E-state index in [1.54, 1.807) is 0 Å². The predicted molar refractivity (Wildman–Crippen MR) is 89.9 cm³/mol. The van der Waals surface area contributed by atoms with Crippen molar-refractivity contribution in [3.8, 4) is 0 Å². The largest absolute Gasteiger partial charge is 0.349 e. The molecule has 2 aromatic rings. The van der Waals surface area contributed by atoms with E-state index in [-0.39, 0.29) is 23.8 Å². The summed E-state index contributed by atoms with van der Waals surface area (Å²) in [7, 11) is 0. The van der Waals surface area contributed by atoms with Gasteiger partial charge in [0.25, 0.3) is 0 Å². The number of allylic oxidation sites excluding steroid dienone is 2. The van der Waals surface area contributed by atoms with E-state index in [2.05, 4.69) is 49.3 Å². The summed E-state index contributed by atoms with van der Waals surface area (Å²) in [5.74, 6) is -0.261. The molecular weight excluding hydrogens is 358 g/mol. The van der Waals surface area contributed by atoms with Crippen LogP contribution >= 0.6 is 15.9 Å². The minimum atomic E-state index is -0.317. The predicted octanol–water partition coefficient (Wildman–Crippen LogP) is 2.28. The van der Waals surface area contributed by atoms with Crippen molar-refractivity contribution in [1.82, 2.24) is 25.1 Å². The number of nitrogens with one attached hydrogen (secondary N) is 1. The molecule has 4 rings (SSSR count). The fraction of sp³-hybridized carbons (Fsp3) is 0.375. The van der Waals surface area contributed by atoms with Crippen LogP contribution in [0, 0.1) is 5.92 Å². The normalized spacial score (nSPS) is 26.3. The summed E-state index contributed by atoms with van der Waals surface area (Å²) in [5.41, 5.74) is 1.41. The Labute approximate surface area is 141 Å². The number of halogens is 1. The topological polar surface area (TPSA) is 72.7 Å². The molecule has 118 valence electrons. The van der Waals surface area contributed by atoms with Crippen LogP contribution in [0.25, 0.3) is 11.0 Å². The standard InChI is InChI=1S/C16H16BrN5O/c1-2-5-22-7-11-14(18-8-19-15(11)21-22)13-10-6-9(17)3-4-12(10)20-16(13)23/h3-4,6-8,10,12-13H,2,5H2,1H3,(H,20,23). The zero-order chi connectivity index (χ0) is 16.0. The lowest BCUT2D eigenvalue weighted by Crippen LogP contribution is -2.27. The Morgan fingerprint density at radius 2 is 2.26 bits per heavy atom. The molecule has 0 aromatic carbocycles. The number of aryl methyl sites for hydroxylation is 1. The lowest BCUT2D eigenvalue weighted by molar-refractivity contribution is -0.120. The van der Waals surface area contributed by atoms with Crippen molar-refractivity contribution < 1.29 is 4.79 Å². The Kier molecular flexibility index (Phi) is 3.52. The van der Waals surface area contributed by atoms with E-state index in [0.29, 0.717) is 5.65 Å². The highest BCUT2D eigenvalue weighted by Crippen LogP contribution is 2.39. The van der Waals surface area contributed by atoms with Crippen molar-refractivity contribution in [2.45, 2.75) is 31.8 Å². The van der Waals surface area contributed by atoms with Gasteiger partial charge in [-0.25, -0.2) is 9.97 Å². The molecule has 1 N–H and O–H groups in total. The molecule has 0 saturated carbocycles. The summed E-state index contributed by atoms with van der Waals surface area (Å²) in [4.78, 5) is 21.2. The van der Waals surface area contributed by atoms with Gasteiger partial charge in [-0.3, -0.25) is 9.48 Å². The molecule has 1 saturated heterocycles. The zero-order valence-corrected chi connectivity index (χ0v) is 14.2. The molecule has 0 radical (unpaired) electrons. The van der Waals surface area contributed by atoms with Crippen LogP contribution in [0.5, 0.6) is 0 Å². The smallest absolute Gasteiger partial charge is 0.230 e. The van der Waals surface area contributed by atoms with Crippen molar-refractivity contribution in [3.63, 3.8) is 0 Å². The fourth-order valence-corrected chi connectivity index (χ4v) is 3.80. The molecule has 1 fully saturated rings. The van der Waals surface area contributed by atoms with Crippen LogP contribution in [0.1, 0.15) is 25.0 Å². The number of hydrogen-bond acceptors (Lipinski definition) is 4. The molecule has 23 heavy (non-hydrogen) atoms. The van der Waals surface area contributed by atoms with Crippen LogP contribution in [-0.2, 0) is 11.3 Å². The van der Waals surface area contributed by atoms with Crippen LogP contribution in [0.4, 0.5) is 0 Å². The maximum atomic E-state index is 12.5.